The number of thioether (sulfide) groups is 1. The minimum atomic E-state index is -0.328. The number of carbonyl (C=O) groups excluding carboxylic acids is 4. The van der Waals surface area contributed by atoms with Gasteiger partial charge in [-0.2, -0.15) is 16.9 Å². The van der Waals surface area contributed by atoms with Crippen molar-refractivity contribution < 1.29 is 56.7 Å². The van der Waals surface area contributed by atoms with Crippen LogP contribution in [0.1, 0.15) is 62.5 Å². The summed E-state index contributed by atoms with van der Waals surface area (Å²) in [5.74, 6) is 2.09. The first-order chi connectivity index (χ1) is 33.3. The van der Waals surface area contributed by atoms with Gasteiger partial charge in [0.1, 0.15) is 12.4 Å². The second-order valence-corrected chi connectivity index (χ2v) is 17.7. The monoisotopic (exact) mass is 970 g/mol. The second kappa shape index (κ2) is 29.0. The molecule has 0 radical (unpaired) electrons. The number of anilines is 2. The maximum atomic E-state index is 13.7. The van der Waals surface area contributed by atoms with Crippen LogP contribution in [0.15, 0.2) is 36.4 Å². The topological polar surface area (TPSA) is 234 Å². The second-order valence-electron chi connectivity index (χ2n) is 16.4. The number of benzene rings is 2. The van der Waals surface area contributed by atoms with Gasteiger partial charge in [0.2, 0.25) is 17.7 Å². The molecule has 3 aliphatic rings. The summed E-state index contributed by atoms with van der Waals surface area (Å²) in [4.78, 5) is 47.9. The molecule has 3 atom stereocenters. The molecule has 3 aromatic rings. The van der Waals surface area contributed by atoms with E-state index in [4.69, 9.17) is 33.2 Å². The predicted molar refractivity (Wildman–Crippen MR) is 254 cm³/mol. The average Bonchev–Trinajstić information content (AvgIpc) is 4.10. The van der Waals surface area contributed by atoms with Crippen LogP contribution in [-0.2, 0) is 44.5 Å². The van der Waals surface area contributed by atoms with Crippen molar-refractivity contribution in [2.45, 2.75) is 75.1 Å². The molecule has 2 fully saturated rings. The number of fused-ring (bicyclic) bond motifs is 4. The van der Waals surface area contributed by atoms with Crippen LogP contribution < -0.4 is 41.4 Å². The van der Waals surface area contributed by atoms with Gasteiger partial charge in [-0.25, -0.2) is 9.18 Å². The van der Waals surface area contributed by atoms with Crippen LogP contribution in [0, 0.1) is 5.82 Å². The van der Waals surface area contributed by atoms with E-state index in [2.05, 4.69) is 42.1 Å². The van der Waals surface area contributed by atoms with Crippen LogP contribution in [0.5, 0.6) is 11.5 Å². The lowest BCUT2D eigenvalue weighted by Crippen LogP contribution is -2.36. The van der Waals surface area contributed by atoms with Crippen molar-refractivity contribution in [1.82, 2.24) is 36.8 Å². The molecule has 2 saturated heterocycles. The van der Waals surface area contributed by atoms with Gasteiger partial charge in [-0.3, -0.25) is 19.5 Å². The summed E-state index contributed by atoms with van der Waals surface area (Å²) in [7, 11) is 1.59. The van der Waals surface area contributed by atoms with Crippen LogP contribution in [0.2, 0.25) is 0 Å². The molecule has 374 valence electrons. The molecule has 3 heterocycles. The van der Waals surface area contributed by atoms with Crippen LogP contribution in [-0.4, -0.2) is 156 Å². The zero-order valence-electron chi connectivity index (χ0n) is 38.9. The van der Waals surface area contributed by atoms with E-state index in [9.17, 15) is 23.6 Å². The van der Waals surface area contributed by atoms with Gasteiger partial charge in [0.05, 0.1) is 77.7 Å². The van der Waals surface area contributed by atoms with Crippen LogP contribution >= 0.6 is 11.8 Å². The fraction of sp³-hybridized carbons (Fsp3) is 0.596. The number of aromatic nitrogens is 2. The number of nitrogens with one attached hydrogen (secondary N) is 7. The first-order valence-electron chi connectivity index (χ1n) is 23.6. The number of unbranched alkanes of at least 4 members (excludes halogenated alkanes) is 1. The Morgan fingerprint density at radius 1 is 0.735 bits per heavy atom. The smallest absolute Gasteiger partial charge is 0.315 e. The van der Waals surface area contributed by atoms with E-state index in [0.717, 1.165) is 53.8 Å². The highest BCUT2D eigenvalue weighted by molar-refractivity contribution is 8.00. The normalized spacial score (nSPS) is 16.6. The zero-order valence-corrected chi connectivity index (χ0v) is 39.7. The van der Waals surface area contributed by atoms with Crippen molar-refractivity contribution in [3.63, 3.8) is 0 Å². The molecule has 1 aliphatic carbocycles. The van der Waals surface area contributed by atoms with Gasteiger partial charge in [-0.05, 0) is 61.6 Å². The Labute approximate surface area is 401 Å². The largest absolute Gasteiger partial charge is 0.493 e. The number of hydrogen-bond donors (Lipinski definition) is 7. The molecule has 19 nitrogen and oxygen atoms in total. The number of carbonyl (C=O) groups is 4. The highest BCUT2D eigenvalue weighted by Gasteiger charge is 2.42. The molecule has 68 heavy (non-hydrogen) atoms. The van der Waals surface area contributed by atoms with Gasteiger partial charge >= 0.3 is 6.03 Å². The lowest BCUT2D eigenvalue weighted by atomic mass is 10.0. The number of rotatable bonds is 35. The minimum Gasteiger partial charge on any atom is -0.493 e. The van der Waals surface area contributed by atoms with E-state index in [1.165, 1.54) is 12.1 Å². The molecule has 6 rings (SSSR count). The standard InChI is InChI=1S/C47H67FN8O11S/c1-61-38-30-35-32(27-36-44(35)55-56-46(36)52-34-8-4-7-33(48)29-34)28-39(38)67-26-25-66-24-21-64-18-15-51-43(59)12-11-42(58)50-14-6-17-63-20-23-65-22-19-62-16-5-13-49-41(57)10-3-2-9-40-45-37(31-68-40)53-47(60)54-45/h4,7-8,28-30,37,40,45H,2-3,5-6,9-27,31H2,1H3,(H,49,57)(H,50,58)(H,51,59)(H2,52,55,56)(H2,53,54,60)/t37-,40-,45-/m0/s1. The SMILES string of the molecule is COc1cc2c(cc1OCCOCCOCCNC(=O)CCC(=O)NCCCOCCOCCOCCCNC(=O)CCCC[C@@H]1SC[C@@H]3NC(=O)N[C@@H]31)Cc1c(Nc3cccc(F)c3)n[nH]c1-2. The van der Waals surface area contributed by atoms with E-state index in [0.29, 0.717) is 140 Å². The fourth-order valence-corrected chi connectivity index (χ4v) is 9.46. The molecular weight excluding hydrogens is 904 g/mol. The third-order valence-corrected chi connectivity index (χ3v) is 12.9. The van der Waals surface area contributed by atoms with Gasteiger partial charge in [0.25, 0.3) is 0 Å². The van der Waals surface area contributed by atoms with Crippen molar-refractivity contribution in [3.8, 4) is 22.8 Å². The number of halogens is 1. The summed E-state index contributed by atoms with van der Waals surface area (Å²) < 4.78 is 53.1. The number of H-pyrrole nitrogens is 1. The van der Waals surface area contributed by atoms with E-state index in [1.54, 1.807) is 19.2 Å². The summed E-state index contributed by atoms with van der Waals surface area (Å²) in [6.45, 7) is 5.82. The maximum absolute atomic E-state index is 13.7. The third-order valence-electron chi connectivity index (χ3n) is 11.4. The highest BCUT2D eigenvalue weighted by atomic mass is 32.2. The molecular formula is C47H67FN8O11S. The first kappa shape index (κ1) is 52.2. The molecule has 2 aliphatic heterocycles. The van der Waals surface area contributed by atoms with Crippen molar-refractivity contribution in [2.24, 2.45) is 0 Å². The number of urea groups is 1. The van der Waals surface area contributed by atoms with Crippen molar-refractivity contribution in [2.75, 3.05) is 110 Å². The molecule has 0 spiro atoms. The van der Waals surface area contributed by atoms with Crippen LogP contribution in [0.25, 0.3) is 11.3 Å². The molecule has 0 bridgehead atoms. The Morgan fingerprint density at radius 3 is 2.07 bits per heavy atom. The number of amides is 5. The Balaban J connectivity index is 0.655. The third kappa shape index (κ3) is 17.4. The molecule has 2 aromatic carbocycles. The average molecular weight is 971 g/mol. The van der Waals surface area contributed by atoms with Gasteiger partial charge in [-0.15, -0.1) is 0 Å². The summed E-state index contributed by atoms with van der Waals surface area (Å²) in [5.41, 5.74) is 4.50. The highest BCUT2D eigenvalue weighted by Crippen LogP contribution is 2.44. The van der Waals surface area contributed by atoms with E-state index in [-0.39, 0.29) is 54.5 Å². The molecule has 0 unspecified atom stereocenters. The van der Waals surface area contributed by atoms with Gasteiger partial charge < -0.3 is 65.1 Å². The summed E-state index contributed by atoms with van der Waals surface area (Å²) in [6.07, 6.45) is 5.50. The molecule has 0 saturated carbocycles. The number of hydrogen-bond acceptors (Lipinski definition) is 14. The minimum absolute atomic E-state index is 0.0589. The van der Waals surface area contributed by atoms with E-state index >= 15 is 0 Å². The first-order valence-corrected chi connectivity index (χ1v) is 24.6. The van der Waals surface area contributed by atoms with E-state index < -0.39 is 0 Å². The lowest BCUT2D eigenvalue weighted by Gasteiger charge is -2.16. The predicted octanol–water partition coefficient (Wildman–Crippen LogP) is 3.97. The molecule has 7 N–H and O–H groups in total. The van der Waals surface area contributed by atoms with Gasteiger partial charge in [0, 0.05) is 86.3 Å². The van der Waals surface area contributed by atoms with Crippen LogP contribution in [0.4, 0.5) is 20.7 Å². The molecule has 1 aromatic heterocycles. The van der Waals surface area contributed by atoms with Crippen molar-refractivity contribution in [3.05, 3.63) is 53.3 Å². The van der Waals surface area contributed by atoms with Crippen molar-refractivity contribution >= 4 is 47.0 Å². The lowest BCUT2D eigenvalue weighted by molar-refractivity contribution is -0.126. The van der Waals surface area contributed by atoms with E-state index in [1.807, 2.05) is 23.9 Å². The maximum Gasteiger partial charge on any atom is 0.315 e. The van der Waals surface area contributed by atoms with Gasteiger partial charge in [-0.1, -0.05) is 12.5 Å². The van der Waals surface area contributed by atoms with Gasteiger partial charge in [0.15, 0.2) is 17.3 Å². The van der Waals surface area contributed by atoms with Crippen molar-refractivity contribution in [1.29, 1.82) is 0 Å². The zero-order chi connectivity index (χ0) is 47.8. The Bertz CT molecular complexity index is 2060. The number of methoxy groups -OCH3 is 1. The Hall–Kier alpha value is -5.19. The Morgan fingerprint density at radius 2 is 1.38 bits per heavy atom. The summed E-state index contributed by atoms with van der Waals surface area (Å²) >= 11 is 1.90. The molecule has 5 amide bonds. The number of ether oxygens (including phenoxy) is 7. The fourth-order valence-electron chi connectivity index (χ4n) is 7.92. The number of aromatic amines is 1. The summed E-state index contributed by atoms with van der Waals surface area (Å²) in [5, 5.41) is 25.6. The summed E-state index contributed by atoms with van der Waals surface area (Å²) in [6, 6.07) is 10.5. The molecule has 21 heteroatoms. The Kier molecular flexibility index (Phi) is 22.2. The quantitative estimate of drug-likeness (QED) is 0.0256. The number of nitrogens with zero attached hydrogens (tertiary/aromatic N) is 1. The van der Waals surface area contributed by atoms with Crippen LogP contribution in [0.3, 0.4) is 0 Å².